The summed E-state index contributed by atoms with van der Waals surface area (Å²) in [5, 5.41) is 2.70. The van der Waals surface area contributed by atoms with E-state index in [0.29, 0.717) is 6.54 Å². The monoisotopic (exact) mass is 295 g/mol. The van der Waals surface area contributed by atoms with Gasteiger partial charge in [-0.25, -0.2) is 4.98 Å². The van der Waals surface area contributed by atoms with Gasteiger partial charge < -0.3 is 10.2 Å². The van der Waals surface area contributed by atoms with Crippen molar-refractivity contribution in [2.75, 3.05) is 32.5 Å². The van der Waals surface area contributed by atoms with Gasteiger partial charge in [0.15, 0.2) is 0 Å². The molecule has 0 aliphatic heterocycles. The van der Waals surface area contributed by atoms with Crippen molar-refractivity contribution in [3.05, 3.63) is 22.8 Å². The average Bonchev–Trinajstić information content (AvgIpc) is 2.26. The van der Waals surface area contributed by atoms with Crippen LogP contribution in [0, 0.1) is 0 Å². The zero-order chi connectivity index (χ0) is 14.5. The van der Waals surface area contributed by atoms with Crippen LogP contribution in [0.2, 0.25) is 5.15 Å². The molecule has 1 rings (SSSR count). The zero-order valence-corrected chi connectivity index (χ0v) is 11.6. The molecule has 1 aromatic rings. The molecule has 1 heterocycles. The Morgan fingerprint density at radius 1 is 1.26 bits per heavy atom. The molecule has 0 spiro atoms. The van der Waals surface area contributed by atoms with Gasteiger partial charge in [0.25, 0.3) is 0 Å². The molecule has 0 amide bonds. The first-order valence-electron chi connectivity index (χ1n) is 5.92. The highest BCUT2D eigenvalue weighted by Crippen LogP contribution is 2.31. The number of nitrogens with zero attached hydrogens (tertiary/aromatic N) is 2. The smallest absolute Gasteiger partial charge is 0.370 e. The van der Waals surface area contributed by atoms with E-state index < -0.39 is 11.7 Å². The molecule has 0 saturated heterocycles. The van der Waals surface area contributed by atoms with Crippen LogP contribution in [-0.2, 0) is 6.18 Å². The first-order chi connectivity index (χ1) is 8.79. The number of halogens is 4. The molecule has 1 N–H and O–H groups in total. The highest BCUT2D eigenvalue weighted by atomic mass is 35.5. The molecule has 3 nitrogen and oxygen atoms in total. The molecule has 1 aromatic heterocycles. The van der Waals surface area contributed by atoms with Gasteiger partial charge in [-0.15, -0.1) is 0 Å². The van der Waals surface area contributed by atoms with Crippen LogP contribution in [0.3, 0.4) is 0 Å². The molecular formula is C12H17ClF3N3. The highest BCUT2D eigenvalue weighted by molar-refractivity contribution is 6.29. The van der Waals surface area contributed by atoms with E-state index in [9.17, 15) is 13.2 Å². The number of hydrogen-bond acceptors (Lipinski definition) is 3. The Balaban J connectivity index is 2.52. The van der Waals surface area contributed by atoms with Crippen molar-refractivity contribution in [1.29, 1.82) is 0 Å². The highest BCUT2D eigenvalue weighted by Gasteiger charge is 2.31. The lowest BCUT2D eigenvalue weighted by Crippen LogP contribution is -2.14. The van der Waals surface area contributed by atoms with E-state index in [2.05, 4.69) is 15.2 Å². The SMILES string of the molecule is CN(C)CCCCNc1cc(C(F)(F)F)cc(Cl)n1. The van der Waals surface area contributed by atoms with Gasteiger partial charge in [-0.3, -0.25) is 0 Å². The summed E-state index contributed by atoms with van der Waals surface area (Å²) in [7, 11) is 3.95. The van der Waals surface area contributed by atoms with Crippen molar-refractivity contribution >= 4 is 17.4 Å². The third kappa shape index (κ3) is 6.11. The molecule has 7 heteroatoms. The number of aromatic nitrogens is 1. The van der Waals surface area contributed by atoms with Crippen LogP contribution in [0.15, 0.2) is 12.1 Å². The summed E-state index contributed by atoms with van der Waals surface area (Å²) in [5.41, 5.74) is -0.789. The van der Waals surface area contributed by atoms with Crippen LogP contribution < -0.4 is 5.32 Å². The van der Waals surface area contributed by atoms with Gasteiger partial charge in [-0.2, -0.15) is 13.2 Å². The molecule has 0 saturated carbocycles. The minimum Gasteiger partial charge on any atom is -0.370 e. The van der Waals surface area contributed by atoms with Crippen LogP contribution >= 0.6 is 11.6 Å². The maximum atomic E-state index is 12.6. The van der Waals surface area contributed by atoms with Crippen molar-refractivity contribution in [1.82, 2.24) is 9.88 Å². The van der Waals surface area contributed by atoms with E-state index in [1.807, 2.05) is 14.1 Å². The molecule has 19 heavy (non-hydrogen) atoms. The number of nitrogens with one attached hydrogen (secondary N) is 1. The molecule has 0 unspecified atom stereocenters. The quantitative estimate of drug-likeness (QED) is 0.643. The minimum absolute atomic E-state index is 0.157. The third-order valence-electron chi connectivity index (χ3n) is 2.46. The second-order valence-electron chi connectivity index (χ2n) is 4.50. The van der Waals surface area contributed by atoms with E-state index in [-0.39, 0.29) is 11.0 Å². The maximum absolute atomic E-state index is 12.6. The zero-order valence-electron chi connectivity index (χ0n) is 10.9. The van der Waals surface area contributed by atoms with E-state index in [1.54, 1.807) is 0 Å². The van der Waals surface area contributed by atoms with Crippen molar-refractivity contribution in [2.45, 2.75) is 19.0 Å². The molecule has 0 aromatic carbocycles. The third-order valence-corrected chi connectivity index (χ3v) is 2.65. The Morgan fingerprint density at radius 3 is 2.53 bits per heavy atom. The Kier molecular flexibility index (Phi) is 5.87. The van der Waals surface area contributed by atoms with Crippen LogP contribution in [0.1, 0.15) is 18.4 Å². The summed E-state index contributed by atoms with van der Waals surface area (Å²) in [4.78, 5) is 5.88. The van der Waals surface area contributed by atoms with Gasteiger partial charge in [0.05, 0.1) is 5.56 Å². The van der Waals surface area contributed by atoms with Crippen LogP contribution in [0.25, 0.3) is 0 Å². The Morgan fingerprint density at radius 2 is 1.95 bits per heavy atom. The van der Waals surface area contributed by atoms with Crippen LogP contribution in [0.5, 0.6) is 0 Å². The lowest BCUT2D eigenvalue weighted by atomic mass is 10.2. The van der Waals surface area contributed by atoms with Gasteiger partial charge >= 0.3 is 6.18 Å². The maximum Gasteiger partial charge on any atom is 0.416 e. The summed E-state index contributed by atoms with van der Waals surface area (Å²) in [6, 6.07) is 1.79. The first kappa shape index (κ1) is 16.0. The Hall–Kier alpha value is -1.01. The molecular weight excluding hydrogens is 279 g/mol. The summed E-state index contributed by atoms with van der Waals surface area (Å²) < 4.78 is 37.7. The van der Waals surface area contributed by atoms with E-state index in [0.717, 1.165) is 31.5 Å². The number of rotatable bonds is 6. The van der Waals surface area contributed by atoms with Crippen molar-refractivity contribution in [3.8, 4) is 0 Å². The summed E-state index contributed by atoms with van der Waals surface area (Å²) in [6.45, 7) is 1.51. The molecule has 0 aliphatic carbocycles. The first-order valence-corrected chi connectivity index (χ1v) is 6.30. The second kappa shape index (κ2) is 6.96. The van der Waals surface area contributed by atoms with Crippen molar-refractivity contribution < 1.29 is 13.2 Å². The van der Waals surface area contributed by atoms with Crippen molar-refractivity contribution in [3.63, 3.8) is 0 Å². The Labute approximate surface area is 115 Å². The lowest BCUT2D eigenvalue weighted by Gasteiger charge is -2.12. The fourth-order valence-corrected chi connectivity index (χ4v) is 1.73. The standard InChI is InChI=1S/C12H17ClF3N3/c1-19(2)6-4-3-5-17-11-8-9(12(14,15)16)7-10(13)18-11/h7-8H,3-6H2,1-2H3,(H,17,18). The average molecular weight is 296 g/mol. The summed E-state index contributed by atoms with van der Waals surface area (Å²) in [5.74, 6) is 0.157. The minimum atomic E-state index is -4.41. The van der Waals surface area contributed by atoms with Gasteiger partial charge in [0.1, 0.15) is 11.0 Å². The summed E-state index contributed by atoms with van der Waals surface area (Å²) >= 11 is 5.58. The van der Waals surface area contributed by atoms with E-state index in [4.69, 9.17) is 11.6 Å². The topological polar surface area (TPSA) is 28.2 Å². The van der Waals surface area contributed by atoms with Crippen LogP contribution in [-0.4, -0.2) is 37.1 Å². The lowest BCUT2D eigenvalue weighted by molar-refractivity contribution is -0.137. The second-order valence-corrected chi connectivity index (χ2v) is 4.89. The molecule has 0 aliphatic rings. The number of anilines is 1. The molecule has 0 atom stereocenters. The fourth-order valence-electron chi connectivity index (χ4n) is 1.52. The number of pyridine rings is 1. The fraction of sp³-hybridized carbons (Fsp3) is 0.583. The Bertz CT molecular complexity index is 408. The van der Waals surface area contributed by atoms with Gasteiger partial charge in [-0.05, 0) is 45.6 Å². The van der Waals surface area contributed by atoms with Crippen LogP contribution in [0.4, 0.5) is 19.0 Å². The molecule has 0 radical (unpaired) electrons. The molecule has 108 valence electrons. The van der Waals surface area contributed by atoms with Gasteiger partial charge in [0.2, 0.25) is 0 Å². The molecule has 0 fully saturated rings. The summed E-state index contributed by atoms with van der Waals surface area (Å²) in [6.07, 6.45) is -2.59. The largest absolute Gasteiger partial charge is 0.416 e. The number of unbranched alkanes of at least 4 members (excludes halogenated alkanes) is 1. The predicted molar refractivity (Wildman–Crippen MR) is 70.5 cm³/mol. The van der Waals surface area contributed by atoms with Gasteiger partial charge in [0, 0.05) is 6.54 Å². The predicted octanol–water partition coefficient (Wildman–Crippen LogP) is 3.51. The normalized spacial score (nSPS) is 11.9. The van der Waals surface area contributed by atoms with E-state index >= 15 is 0 Å². The van der Waals surface area contributed by atoms with Crippen molar-refractivity contribution in [2.24, 2.45) is 0 Å². The van der Waals surface area contributed by atoms with Gasteiger partial charge in [-0.1, -0.05) is 11.6 Å². The number of hydrogen-bond donors (Lipinski definition) is 1. The molecule has 0 bridgehead atoms. The van der Waals surface area contributed by atoms with E-state index in [1.165, 1.54) is 0 Å². The number of alkyl halides is 3.